The summed E-state index contributed by atoms with van der Waals surface area (Å²) in [5.74, 6) is -0.764. The summed E-state index contributed by atoms with van der Waals surface area (Å²) in [4.78, 5) is 14.1. The van der Waals surface area contributed by atoms with Gasteiger partial charge in [-0.1, -0.05) is 18.2 Å². The van der Waals surface area contributed by atoms with E-state index in [1.165, 1.54) is 0 Å². The summed E-state index contributed by atoms with van der Waals surface area (Å²) < 4.78 is 11.6. The van der Waals surface area contributed by atoms with E-state index in [9.17, 15) is 9.90 Å². The molecule has 0 spiro atoms. The fourth-order valence-corrected chi connectivity index (χ4v) is 3.79. The number of carboxylic acid groups (broad SMARTS) is 1. The first-order valence-corrected chi connectivity index (χ1v) is 8.68. The second-order valence-electron chi connectivity index (χ2n) is 7.28. The van der Waals surface area contributed by atoms with Gasteiger partial charge in [0.2, 0.25) is 0 Å². The summed E-state index contributed by atoms with van der Waals surface area (Å²) in [7, 11) is 1.69. The molecule has 1 saturated heterocycles. The zero-order valence-corrected chi connectivity index (χ0v) is 14.7. The molecule has 0 amide bonds. The van der Waals surface area contributed by atoms with Gasteiger partial charge in [-0.3, -0.25) is 9.69 Å². The molecule has 1 fully saturated rings. The average Bonchev–Trinajstić information content (AvgIpc) is 3.08. The Kier molecular flexibility index (Phi) is 4.95. The van der Waals surface area contributed by atoms with Crippen molar-refractivity contribution in [3.05, 3.63) is 34.9 Å². The van der Waals surface area contributed by atoms with Crippen LogP contribution in [-0.2, 0) is 27.3 Å². The number of methoxy groups -OCH3 is 1. The van der Waals surface area contributed by atoms with Crippen molar-refractivity contribution in [2.24, 2.45) is 0 Å². The predicted octanol–water partition coefficient (Wildman–Crippen LogP) is 2.77. The molecule has 2 atom stereocenters. The van der Waals surface area contributed by atoms with Crippen LogP contribution in [0.3, 0.4) is 0 Å². The first kappa shape index (κ1) is 17.4. The third kappa shape index (κ3) is 3.21. The molecular weight excluding hydrogens is 306 g/mol. The highest BCUT2D eigenvalue weighted by molar-refractivity contribution is 5.76. The number of aliphatic carboxylic acids is 1. The van der Waals surface area contributed by atoms with Gasteiger partial charge < -0.3 is 14.6 Å². The number of carboxylic acids is 1. The van der Waals surface area contributed by atoms with Gasteiger partial charge in [0.05, 0.1) is 18.3 Å². The second kappa shape index (κ2) is 6.82. The molecule has 0 bridgehead atoms. The number of benzene rings is 1. The monoisotopic (exact) mass is 333 g/mol. The van der Waals surface area contributed by atoms with Gasteiger partial charge >= 0.3 is 5.97 Å². The molecular formula is C19H27NO4. The number of hydrogen-bond acceptors (Lipinski definition) is 4. The molecule has 2 unspecified atom stereocenters. The molecule has 0 aliphatic carbocycles. The van der Waals surface area contributed by atoms with E-state index in [-0.39, 0.29) is 6.10 Å². The molecule has 3 rings (SSSR count). The second-order valence-corrected chi connectivity index (χ2v) is 7.28. The summed E-state index contributed by atoms with van der Waals surface area (Å²) in [6.07, 6.45) is 2.75. The zero-order valence-electron chi connectivity index (χ0n) is 14.7. The van der Waals surface area contributed by atoms with Crippen LogP contribution in [0.15, 0.2) is 18.2 Å². The van der Waals surface area contributed by atoms with E-state index >= 15 is 0 Å². The van der Waals surface area contributed by atoms with E-state index in [4.69, 9.17) is 9.47 Å². The van der Waals surface area contributed by atoms with Crippen LogP contribution in [0, 0.1) is 0 Å². The van der Waals surface area contributed by atoms with Crippen molar-refractivity contribution in [3.63, 3.8) is 0 Å². The highest BCUT2D eigenvalue weighted by Crippen LogP contribution is 2.35. The largest absolute Gasteiger partial charge is 0.480 e. The lowest BCUT2D eigenvalue weighted by atomic mass is 9.85. The minimum absolute atomic E-state index is 0.0795. The van der Waals surface area contributed by atoms with E-state index in [0.717, 1.165) is 42.6 Å². The molecule has 0 saturated carbocycles. The molecule has 132 valence electrons. The van der Waals surface area contributed by atoms with E-state index < -0.39 is 17.6 Å². The van der Waals surface area contributed by atoms with Crippen LogP contribution in [0.4, 0.5) is 0 Å². The summed E-state index contributed by atoms with van der Waals surface area (Å²) >= 11 is 0. The Hall–Kier alpha value is -1.43. The maximum absolute atomic E-state index is 12.0. The Morgan fingerprint density at radius 2 is 2.08 bits per heavy atom. The SMILES string of the molecule is COC(C)(C)C1Cc2c(cccc2C(C(=O)O)N2CCCC2)CO1. The van der Waals surface area contributed by atoms with Crippen molar-refractivity contribution in [3.8, 4) is 0 Å². The van der Waals surface area contributed by atoms with Crippen LogP contribution in [0.5, 0.6) is 0 Å². The number of ether oxygens (including phenoxy) is 2. The lowest BCUT2D eigenvalue weighted by molar-refractivity contribution is -0.143. The minimum atomic E-state index is -0.764. The van der Waals surface area contributed by atoms with Crippen molar-refractivity contribution in [1.82, 2.24) is 4.90 Å². The van der Waals surface area contributed by atoms with Crippen molar-refractivity contribution >= 4 is 5.97 Å². The zero-order chi connectivity index (χ0) is 17.3. The van der Waals surface area contributed by atoms with Gasteiger partial charge in [-0.15, -0.1) is 0 Å². The quantitative estimate of drug-likeness (QED) is 0.898. The molecule has 2 aliphatic rings. The number of carbonyl (C=O) groups is 1. The first-order chi connectivity index (χ1) is 11.4. The summed E-state index contributed by atoms with van der Waals surface area (Å²) in [5.41, 5.74) is 2.73. The van der Waals surface area contributed by atoms with Crippen LogP contribution in [0.2, 0.25) is 0 Å². The maximum Gasteiger partial charge on any atom is 0.325 e. The molecule has 0 radical (unpaired) electrons. The Morgan fingerprint density at radius 1 is 1.38 bits per heavy atom. The molecule has 1 aromatic rings. The summed E-state index contributed by atoms with van der Waals surface area (Å²) in [5, 5.41) is 9.86. The minimum Gasteiger partial charge on any atom is -0.480 e. The van der Waals surface area contributed by atoms with Crippen molar-refractivity contribution in [1.29, 1.82) is 0 Å². The average molecular weight is 333 g/mol. The van der Waals surface area contributed by atoms with Crippen LogP contribution in [-0.4, -0.2) is 47.9 Å². The van der Waals surface area contributed by atoms with Gasteiger partial charge in [-0.25, -0.2) is 0 Å². The van der Waals surface area contributed by atoms with Crippen molar-refractivity contribution in [2.45, 2.75) is 57.5 Å². The fraction of sp³-hybridized carbons (Fsp3) is 0.632. The Balaban J connectivity index is 1.97. The molecule has 5 heteroatoms. The fourth-order valence-electron chi connectivity index (χ4n) is 3.79. The molecule has 5 nitrogen and oxygen atoms in total. The van der Waals surface area contributed by atoms with Crippen LogP contribution < -0.4 is 0 Å². The highest BCUT2D eigenvalue weighted by atomic mass is 16.5. The molecule has 0 aromatic heterocycles. The van der Waals surface area contributed by atoms with E-state index in [2.05, 4.69) is 4.90 Å². The van der Waals surface area contributed by atoms with Gasteiger partial charge in [-0.05, 0) is 56.5 Å². The molecule has 1 N–H and O–H groups in total. The third-order valence-corrected chi connectivity index (χ3v) is 5.47. The van der Waals surface area contributed by atoms with Crippen molar-refractivity contribution in [2.75, 3.05) is 20.2 Å². The number of likely N-dealkylation sites (tertiary alicyclic amines) is 1. The Bertz CT molecular complexity index is 607. The number of fused-ring (bicyclic) bond motifs is 1. The first-order valence-electron chi connectivity index (χ1n) is 8.68. The maximum atomic E-state index is 12.0. The number of rotatable bonds is 5. The Morgan fingerprint density at radius 3 is 2.71 bits per heavy atom. The van der Waals surface area contributed by atoms with Crippen LogP contribution >= 0.6 is 0 Å². The topological polar surface area (TPSA) is 59.0 Å². The van der Waals surface area contributed by atoms with Gasteiger partial charge in [0, 0.05) is 13.5 Å². The lowest BCUT2D eigenvalue weighted by Gasteiger charge is -2.38. The van der Waals surface area contributed by atoms with E-state index in [1.807, 2.05) is 32.0 Å². The molecule has 2 aliphatic heterocycles. The molecule has 24 heavy (non-hydrogen) atoms. The Labute approximate surface area is 143 Å². The number of hydrogen-bond donors (Lipinski definition) is 1. The van der Waals surface area contributed by atoms with Gasteiger partial charge in [0.25, 0.3) is 0 Å². The van der Waals surface area contributed by atoms with E-state index in [1.54, 1.807) is 7.11 Å². The van der Waals surface area contributed by atoms with Crippen LogP contribution in [0.1, 0.15) is 49.4 Å². The standard InChI is InChI=1S/C19H27NO4/c1-19(2,23-3)16-11-15-13(12-24-16)7-6-8-14(15)17(18(21)22)20-9-4-5-10-20/h6-8,16-17H,4-5,9-12H2,1-3H3,(H,21,22). The summed E-state index contributed by atoms with van der Waals surface area (Å²) in [6.45, 7) is 6.24. The highest BCUT2D eigenvalue weighted by Gasteiger charge is 2.37. The van der Waals surface area contributed by atoms with Crippen molar-refractivity contribution < 1.29 is 19.4 Å². The van der Waals surface area contributed by atoms with Gasteiger partial charge in [-0.2, -0.15) is 0 Å². The number of nitrogens with zero attached hydrogens (tertiary/aromatic N) is 1. The third-order valence-electron chi connectivity index (χ3n) is 5.47. The van der Waals surface area contributed by atoms with Gasteiger partial charge in [0.15, 0.2) is 0 Å². The van der Waals surface area contributed by atoms with Crippen LogP contribution in [0.25, 0.3) is 0 Å². The molecule has 2 heterocycles. The summed E-state index contributed by atoms with van der Waals surface area (Å²) in [6, 6.07) is 5.40. The molecule has 1 aromatic carbocycles. The smallest absolute Gasteiger partial charge is 0.325 e. The van der Waals surface area contributed by atoms with Gasteiger partial charge in [0.1, 0.15) is 6.04 Å². The predicted molar refractivity (Wildman–Crippen MR) is 91.0 cm³/mol. The van der Waals surface area contributed by atoms with E-state index in [0.29, 0.717) is 13.0 Å². The normalized spacial score (nSPS) is 23.0. The lowest BCUT2D eigenvalue weighted by Crippen LogP contribution is -2.44.